The molecular weight excluding hydrogens is 214 g/mol. The summed E-state index contributed by atoms with van der Waals surface area (Å²) in [7, 11) is 0. The molecule has 0 radical (unpaired) electrons. The molecule has 2 aromatic heterocycles. The van der Waals surface area contributed by atoms with Gasteiger partial charge in [-0.25, -0.2) is 0 Å². The highest BCUT2D eigenvalue weighted by Gasteiger charge is 2.13. The molecule has 0 aromatic carbocycles. The lowest BCUT2D eigenvalue weighted by molar-refractivity contribution is 0.769. The molecule has 0 saturated heterocycles. The van der Waals surface area contributed by atoms with E-state index in [2.05, 4.69) is 32.0 Å². The summed E-state index contributed by atoms with van der Waals surface area (Å²) in [6, 6.07) is 3.94. The zero-order valence-electron chi connectivity index (χ0n) is 10.4. The maximum Gasteiger partial charge on any atom is 0.224 e. The van der Waals surface area contributed by atoms with Crippen LogP contribution in [-0.4, -0.2) is 26.3 Å². The second-order valence-electron chi connectivity index (χ2n) is 3.76. The topological polar surface area (TPSA) is 55.6 Å². The Morgan fingerprint density at radius 2 is 2.12 bits per heavy atom. The zero-order valence-corrected chi connectivity index (χ0v) is 10.4. The van der Waals surface area contributed by atoms with Gasteiger partial charge in [-0.2, -0.15) is 0 Å². The zero-order chi connectivity index (χ0) is 12.3. The predicted octanol–water partition coefficient (Wildman–Crippen LogP) is 2.10. The van der Waals surface area contributed by atoms with Gasteiger partial charge in [-0.3, -0.25) is 9.55 Å². The number of hydrogen-bond donors (Lipinski definition) is 1. The van der Waals surface area contributed by atoms with E-state index < -0.39 is 0 Å². The van der Waals surface area contributed by atoms with Gasteiger partial charge in [0, 0.05) is 30.5 Å². The van der Waals surface area contributed by atoms with E-state index in [0.717, 1.165) is 36.1 Å². The van der Waals surface area contributed by atoms with Gasteiger partial charge in [0.15, 0.2) is 5.82 Å². The summed E-state index contributed by atoms with van der Waals surface area (Å²) in [6.45, 7) is 7.78. The van der Waals surface area contributed by atoms with Crippen molar-refractivity contribution in [2.45, 2.75) is 27.3 Å². The normalized spacial score (nSPS) is 10.5. The first-order valence-electron chi connectivity index (χ1n) is 5.87. The maximum absolute atomic E-state index is 4.28. The van der Waals surface area contributed by atoms with Crippen molar-refractivity contribution in [2.24, 2.45) is 0 Å². The highest BCUT2D eigenvalue weighted by Crippen LogP contribution is 2.22. The molecule has 90 valence electrons. The summed E-state index contributed by atoms with van der Waals surface area (Å²) in [4.78, 5) is 4.28. The molecule has 0 fully saturated rings. The molecule has 5 nitrogen and oxygen atoms in total. The summed E-state index contributed by atoms with van der Waals surface area (Å²) >= 11 is 0. The van der Waals surface area contributed by atoms with Crippen LogP contribution in [0.4, 0.5) is 5.95 Å². The summed E-state index contributed by atoms with van der Waals surface area (Å²) < 4.78 is 2.06. The third kappa shape index (κ3) is 2.13. The molecule has 17 heavy (non-hydrogen) atoms. The van der Waals surface area contributed by atoms with Gasteiger partial charge in [-0.1, -0.05) is 0 Å². The van der Waals surface area contributed by atoms with Crippen LogP contribution in [0.25, 0.3) is 11.4 Å². The van der Waals surface area contributed by atoms with Gasteiger partial charge in [-0.15, -0.1) is 10.2 Å². The molecule has 0 atom stereocenters. The molecule has 2 heterocycles. The number of aryl methyl sites for hydroxylation is 1. The van der Waals surface area contributed by atoms with Crippen molar-refractivity contribution in [1.29, 1.82) is 0 Å². The van der Waals surface area contributed by atoms with E-state index >= 15 is 0 Å². The number of nitrogens with one attached hydrogen (secondary N) is 1. The summed E-state index contributed by atoms with van der Waals surface area (Å²) in [5.74, 6) is 1.68. The van der Waals surface area contributed by atoms with Crippen molar-refractivity contribution in [1.82, 2.24) is 19.7 Å². The van der Waals surface area contributed by atoms with Crippen LogP contribution in [0.3, 0.4) is 0 Å². The fraction of sp³-hybridized carbons (Fsp3) is 0.417. The number of rotatable bonds is 4. The van der Waals surface area contributed by atoms with Crippen molar-refractivity contribution in [3.05, 3.63) is 24.0 Å². The number of anilines is 1. The third-order valence-corrected chi connectivity index (χ3v) is 2.65. The number of pyridine rings is 1. The fourth-order valence-electron chi connectivity index (χ4n) is 1.81. The average Bonchev–Trinajstić information content (AvgIpc) is 2.73. The lowest BCUT2D eigenvalue weighted by Crippen LogP contribution is -2.07. The van der Waals surface area contributed by atoms with Crippen LogP contribution in [0.15, 0.2) is 18.3 Å². The lowest BCUT2D eigenvalue weighted by atomic mass is 10.2. The van der Waals surface area contributed by atoms with E-state index in [4.69, 9.17) is 0 Å². The molecule has 0 amide bonds. The minimum Gasteiger partial charge on any atom is -0.355 e. The van der Waals surface area contributed by atoms with Crippen molar-refractivity contribution in [3.8, 4) is 11.4 Å². The Morgan fingerprint density at radius 3 is 2.76 bits per heavy atom. The minimum atomic E-state index is 0.813. The maximum atomic E-state index is 4.28. The lowest BCUT2D eigenvalue weighted by Gasteiger charge is -2.08. The van der Waals surface area contributed by atoms with Crippen molar-refractivity contribution < 1.29 is 0 Å². The van der Waals surface area contributed by atoms with Crippen LogP contribution in [0.1, 0.15) is 19.5 Å². The Morgan fingerprint density at radius 1 is 1.29 bits per heavy atom. The van der Waals surface area contributed by atoms with Crippen LogP contribution in [0.2, 0.25) is 0 Å². The summed E-state index contributed by atoms with van der Waals surface area (Å²) in [6.07, 6.45) is 1.79. The molecule has 0 saturated carbocycles. The molecule has 0 spiro atoms. The third-order valence-electron chi connectivity index (χ3n) is 2.65. The van der Waals surface area contributed by atoms with Gasteiger partial charge in [0.05, 0.1) is 0 Å². The number of nitrogens with zero attached hydrogens (tertiary/aromatic N) is 4. The van der Waals surface area contributed by atoms with Gasteiger partial charge < -0.3 is 5.32 Å². The van der Waals surface area contributed by atoms with E-state index in [1.165, 1.54) is 0 Å². The molecule has 0 aliphatic heterocycles. The highest BCUT2D eigenvalue weighted by molar-refractivity contribution is 5.59. The Labute approximate surface area is 101 Å². The Kier molecular flexibility index (Phi) is 3.37. The summed E-state index contributed by atoms with van der Waals surface area (Å²) in [5, 5.41) is 11.6. The van der Waals surface area contributed by atoms with Crippen molar-refractivity contribution in [3.63, 3.8) is 0 Å². The van der Waals surface area contributed by atoms with Crippen LogP contribution in [0.5, 0.6) is 0 Å². The van der Waals surface area contributed by atoms with Gasteiger partial charge in [-0.05, 0) is 32.9 Å². The predicted molar refractivity (Wildman–Crippen MR) is 67.8 cm³/mol. The fourth-order valence-corrected chi connectivity index (χ4v) is 1.81. The Bertz CT molecular complexity index is 503. The Balaban J connectivity index is 2.49. The van der Waals surface area contributed by atoms with Crippen LogP contribution in [0, 0.1) is 6.92 Å². The average molecular weight is 231 g/mol. The standard InChI is InChI=1S/C12H17N5/c1-4-13-12-16-15-11(17(12)5-2)10-7-6-8-14-9(10)3/h6-8H,4-5H2,1-3H3,(H,13,16). The van der Waals surface area contributed by atoms with Gasteiger partial charge in [0.2, 0.25) is 5.95 Å². The molecule has 5 heteroatoms. The second-order valence-corrected chi connectivity index (χ2v) is 3.76. The molecule has 0 bridgehead atoms. The van der Waals surface area contributed by atoms with E-state index in [9.17, 15) is 0 Å². The van der Waals surface area contributed by atoms with E-state index in [1.807, 2.05) is 26.0 Å². The van der Waals surface area contributed by atoms with Gasteiger partial charge in [0.25, 0.3) is 0 Å². The largest absolute Gasteiger partial charge is 0.355 e. The van der Waals surface area contributed by atoms with E-state index in [1.54, 1.807) is 6.20 Å². The minimum absolute atomic E-state index is 0.813. The molecule has 2 rings (SSSR count). The van der Waals surface area contributed by atoms with Crippen LogP contribution < -0.4 is 5.32 Å². The number of hydrogen-bond acceptors (Lipinski definition) is 4. The molecule has 0 aliphatic rings. The van der Waals surface area contributed by atoms with Gasteiger partial charge in [0.1, 0.15) is 0 Å². The molecular formula is C12H17N5. The molecule has 2 aromatic rings. The molecule has 0 unspecified atom stereocenters. The smallest absolute Gasteiger partial charge is 0.224 e. The first-order valence-corrected chi connectivity index (χ1v) is 5.87. The Hall–Kier alpha value is -1.91. The molecule has 1 N–H and O–H groups in total. The second kappa shape index (κ2) is 4.95. The summed E-state index contributed by atoms with van der Waals surface area (Å²) in [5.41, 5.74) is 2.00. The first-order chi connectivity index (χ1) is 8.27. The first kappa shape index (κ1) is 11.6. The van der Waals surface area contributed by atoms with Crippen molar-refractivity contribution >= 4 is 5.95 Å². The quantitative estimate of drug-likeness (QED) is 0.875. The monoisotopic (exact) mass is 231 g/mol. The highest BCUT2D eigenvalue weighted by atomic mass is 15.3. The SMILES string of the molecule is CCNc1nnc(-c2cccnc2C)n1CC. The number of aromatic nitrogens is 4. The van der Waals surface area contributed by atoms with E-state index in [0.29, 0.717) is 0 Å². The van der Waals surface area contributed by atoms with Crippen LogP contribution in [-0.2, 0) is 6.54 Å². The van der Waals surface area contributed by atoms with Crippen molar-refractivity contribution in [2.75, 3.05) is 11.9 Å². The molecule has 0 aliphatic carbocycles. The van der Waals surface area contributed by atoms with E-state index in [-0.39, 0.29) is 0 Å². The van der Waals surface area contributed by atoms with Gasteiger partial charge >= 0.3 is 0 Å². The van der Waals surface area contributed by atoms with Crippen LogP contribution >= 0.6 is 0 Å².